The van der Waals surface area contributed by atoms with Gasteiger partial charge in [-0.05, 0) is 48.6 Å². The van der Waals surface area contributed by atoms with Crippen molar-refractivity contribution < 1.29 is 4.79 Å². The zero-order valence-electron chi connectivity index (χ0n) is 16.3. The molecule has 3 rings (SSSR count). The molecule has 0 saturated heterocycles. The second-order valence-electron chi connectivity index (χ2n) is 6.70. The van der Waals surface area contributed by atoms with E-state index in [4.69, 9.17) is 0 Å². The van der Waals surface area contributed by atoms with E-state index in [0.29, 0.717) is 10.7 Å². The summed E-state index contributed by atoms with van der Waals surface area (Å²) in [7, 11) is 0. The van der Waals surface area contributed by atoms with Crippen molar-refractivity contribution in [1.82, 2.24) is 10.2 Å². The number of rotatable bonds is 9. The van der Waals surface area contributed by atoms with Gasteiger partial charge in [-0.3, -0.25) is 10.1 Å². The largest absolute Gasteiger partial charge is 0.296 e. The molecule has 2 aromatic carbocycles. The molecule has 0 spiro atoms. The Bertz CT molecular complexity index is 906. The van der Waals surface area contributed by atoms with E-state index in [1.807, 2.05) is 36.4 Å². The summed E-state index contributed by atoms with van der Waals surface area (Å²) in [6.45, 7) is 4.31. The van der Waals surface area contributed by atoms with E-state index in [-0.39, 0.29) is 5.91 Å². The molecule has 0 unspecified atom stereocenters. The Labute approximate surface area is 174 Å². The predicted molar refractivity (Wildman–Crippen MR) is 118 cm³/mol. The summed E-state index contributed by atoms with van der Waals surface area (Å²) >= 11 is 3.04. The lowest BCUT2D eigenvalue weighted by molar-refractivity contribution is 0.102. The summed E-state index contributed by atoms with van der Waals surface area (Å²) < 4.78 is 0.852. The first-order valence-electron chi connectivity index (χ1n) is 9.57. The van der Waals surface area contributed by atoms with Crippen molar-refractivity contribution in [2.45, 2.75) is 49.6 Å². The van der Waals surface area contributed by atoms with Gasteiger partial charge in [0.15, 0.2) is 4.34 Å². The molecular weight excluding hydrogens is 386 g/mol. The Kier molecular flexibility index (Phi) is 7.62. The summed E-state index contributed by atoms with van der Waals surface area (Å²) in [4.78, 5) is 12.4. The highest BCUT2D eigenvalue weighted by atomic mass is 32.2. The Morgan fingerprint density at radius 3 is 2.61 bits per heavy atom. The van der Waals surface area contributed by atoms with Crippen LogP contribution in [0, 0.1) is 6.92 Å². The third kappa shape index (κ3) is 5.91. The molecule has 0 bridgehead atoms. The highest BCUT2D eigenvalue weighted by molar-refractivity contribution is 8.00. The first-order valence-corrected chi connectivity index (χ1v) is 11.4. The topological polar surface area (TPSA) is 54.9 Å². The van der Waals surface area contributed by atoms with Crippen LogP contribution in [-0.2, 0) is 12.2 Å². The summed E-state index contributed by atoms with van der Waals surface area (Å²) in [5, 5.41) is 11.7. The molecule has 1 aromatic heterocycles. The number of hydrogen-bond acceptors (Lipinski definition) is 5. The number of carbonyl (C=O) groups excluding carboxylic acids is 1. The zero-order valence-corrected chi connectivity index (χ0v) is 17.9. The number of benzene rings is 2. The normalized spacial score (nSPS) is 10.8. The first-order chi connectivity index (χ1) is 13.7. The fraction of sp³-hybridized carbons (Fsp3) is 0.318. The van der Waals surface area contributed by atoms with Crippen molar-refractivity contribution in [2.75, 3.05) is 5.32 Å². The third-order valence-electron chi connectivity index (χ3n) is 4.52. The van der Waals surface area contributed by atoms with Gasteiger partial charge in [-0.25, -0.2) is 0 Å². The highest BCUT2D eigenvalue weighted by Gasteiger charge is 2.11. The van der Waals surface area contributed by atoms with Gasteiger partial charge in [0.25, 0.3) is 5.91 Å². The van der Waals surface area contributed by atoms with Crippen LogP contribution in [0.4, 0.5) is 5.13 Å². The van der Waals surface area contributed by atoms with Crippen molar-refractivity contribution in [3.05, 3.63) is 70.8 Å². The van der Waals surface area contributed by atoms with Crippen LogP contribution in [0.2, 0.25) is 0 Å². The van der Waals surface area contributed by atoms with E-state index < -0.39 is 0 Å². The summed E-state index contributed by atoms with van der Waals surface area (Å²) in [6.07, 6.45) is 4.71. The van der Waals surface area contributed by atoms with Crippen molar-refractivity contribution in [1.29, 1.82) is 0 Å². The average Bonchev–Trinajstić information content (AvgIpc) is 3.15. The van der Waals surface area contributed by atoms with Crippen LogP contribution in [0.1, 0.15) is 53.2 Å². The van der Waals surface area contributed by atoms with E-state index in [0.717, 1.165) is 16.5 Å². The number of unbranched alkanes of at least 4 members (excludes halogenated alkanes) is 2. The molecule has 3 aromatic rings. The Balaban J connectivity index is 1.52. The smallest absolute Gasteiger partial charge is 0.257 e. The summed E-state index contributed by atoms with van der Waals surface area (Å²) in [6, 6.07) is 16.2. The summed E-state index contributed by atoms with van der Waals surface area (Å²) in [5.74, 6) is 0.695. The minimum Gasteiger partial charge on any atom is -0.296 e. The number of thioether (sulfide) groups is 1. The van der Waals surface area contributed by atoms with Gasteiger partial charge in [-0.15, -0.1) is 10.2 Å². The van der Waals surface area contributed by atoms with Gasteiger partial charge >= 0.3 is 0 Å². The molecule has 0 aliphatic rings. The summed E-state index contributed by atoms with van der Waals surface area (Å²) in [5.41, 5.74) is 4.47. The van der Waals surface area contributed by atoms with Crippen LogP contribution in [0.5, 0.6) is 0 Å². The zero-order chi connectivity index (χ0) is 19.8. The monoisotopic (exact) mass is 411 g/mol. The van der Waals surface area contributed by atoms with Gasteiger partial charge in [0.2, 0.25) is 5.13 Å². The number of nitrogens with one attached hydrogen (secondary N) is 1. The molecule has 0 radical (unpaired) electrons. The number of anilines is 1. The molecule has 6 heteroatoms. The number of nitrogens with zero attached hydrogens (tertiary/aromatic N) is 2. The number of carbonyl (C=O) groups is 1. The van der Waals surface area contributed by atoms with Crippen LogP contribution < -0.4 is 5.32 Å². The Morgan fingerprint density at radius 2 is 1.86 bits per heavy atom. The fourth-order valence-corrected chi connectivity index (χ4v) is 4.62. The minimum absolute atomic E-state index is 0.147. The number of amides is 1. The van der Waals surface area contributed by atoms with E-state index in [2.05, 4.69) is 41.5 Å². The second kappa shape index (κ2) is 10.4. The van der Waals surface area contributed by atoms with Gasteiger partial charge in [-0.1, -0.05) is 79.3 Å². The number of aryl methyl sites for hydroxylation is 2. The van der Waals surface area contributed by atoms with Crippen LogP contribution in [0.3, 0.4) is 0 Å². The van der Waals surface area contributed by atoms with E-state index >= 15 is 0 Å². The highest BCUT2D eigenvalue weighted by Crippen LogP contribution is 2.29. The number of hydrogen-bond donors (Lipinski definition) is 1. The number of aromatic nitrogens is 2. The molecule has 0 aliphatic heterocycles. The first kappa shape index (κ1) is 20.6. The molecule has 0 aliphatic carbocycles. The molecule has 0 fully saturated rings. The van der Waals surface area contributed by atoms with Gasteiger partial charge in [0.05, 0.1) is 0 Å². The van der Waals surface area contributed by atoms with Gasteiger partial charge in [0, 0.05) is 11.3 Å². The molecule has 28 heavy (non-hydrogen) atoms. The van der Waals surface area contributed by atoms with Crippen molar-refractivity contribution in [3.63, 3.8) is 0 Å². The predicted octanol–water partition coefficient (Wildman–Crippen LogP) is 6.12. The lowest BCUT2D eigenvalue weighted by Gasteiger charge is -2.04. The lowest BCUT2D eigenvalue weighted by atomic mass is 10.1. The van der Waals surface area contributed by atoms with E-state index in [9.17, 15) is 4.79 Å². The van der Waals surface area contributed by atoms with Crippen molar-refractivity contribution >= 4 is 34.1 Å². The Morgan fingerprint density at radius 1 is 1.07 bits per heavy atom. The maximum absolute atomic E-state index is 12.4. The van der Waals surface area contributed by atoms with Crippen molar-refractivity contribution in [2.24, 2.45) is 0 Å². The second-order valence-corrected chi connectivity index (χ2v) is 8.90. The van der Waals surface area contributed by atoms with Gasteiger partial charge in [0.1, 0.15) is 0 Å². The third-order valence-corrected chi connectivity index (χ3v) is 6.55. The molecule has 4 nitrogen and oxygen atoms in total. The molecule has 146 valence electrons. The van der Waals surface area contributed by atoms with E-state index in [1.54, 1.807) is 11.8 Å². The van der Waals surface area contributed by atoms with Crippen LogP contribution >= 0.6 is 23.1 Å². The maximum atomic E-state index is 12.4. The van der Waals surface area contributed by atoms with Crippen LogP contribution in [0.15, 0.2) is 52.9 Å². The SMILES string of the molecule is CCCCCc1ccc(C(=O)Nc2nnc(SCc3ccccc3C)s2)cc1. The van der Waals surface area contributed by atoms with Crippen molar-refractivity contribution in [3.8, 4) is 0 Å². The Hall–Kier alpha value is -2.18. The quantitative estimate of drug-likeness (QED) is 0.262. The standard InChI is InChI=1S/C22H25N3OS2/c1-3-4-5-9-17-11-13-18(14-12-17)20(26)23-21-24-25-22(28-21)27-15-19-10-7-6-8-16(19)2/h6-8,10-14H,3-5,9,15H2,1-2H3,(H,23,24,26). The molecular formula is C22H25N3OS2. The fourth-order valence-electron chi connectivity index (χ4n) is 2.80. The molecule has 0 atom stereocenters. The van der Waals surface area contributed by atoms with Gasteiger partial charge < -0.3 is 0 Å². The average molecular weight is 412 g/mol. The molecule has 1 heterocycles. The maximum Gasteiger partial charge on any atom is 0.257 e. The molecule has 1 amide bonds. The lowest BCUT2D eigenvalue weighted by Crippen LogP contribution is -2.11. The van der Waals surface area contributed by atoms with Crippen LogP contribution in [0.25, 0.3) is 0 Å². The molecule has 1 N–H and O–H groups in total. The van der Waals surface area contributed by atoms with E-state index in [1.165, 1.54) is 47.3 Å². The van der Waals surface area contributed by atoms with Crippen LogP contribution in [-0.4, -0.2) is 16.1 Å². The van der Waals surface area contributed by atoms with Gasteiger partial charge in [-0.2, -0.15) is 0 Å². The molecule has 0 saturated carbocycles. The minimum atomic E-state index is -0.147.